The van der Waals surface area contributed by atoms with E-state index >= 15 is 0 Å². The van der Waals surface area contributed by atoms with Gasteiger partial charge in [0.1, 0.15) is 5.75 Å². The van der Waals surface area contributed by atoms with E-state index in [4.69, 9.17) is 4.74 Å². The molecule has 0 N–H and O–H groups in total. The molecule has 25 heavy (non-hydrogen) atoms. The lowest BCUT2D eigenvalue weighted by Crippen LogP contribution is -2.14. The van der Waals surface area contributed by atoms with Gasteiger partial charge in [0.05, 0.1) is 12.4 Å². The van der Waals surface area contributed by atoms with Crippen molar-refractivity contribution in [2.75, 3.05) is 7.11 Å². The first-order chi connectivity index (χ1) is 12.2. The van der Waals surface area contributed by atoms with Gasteiger partial charge in [0, 0.05) is 11.1 Å². The quantitative estimate of drug-likeness (QED) is 0.574. The lowest BCUT2D eigenvalue weighted by Gasteiger charge is -2.24. The first-order valence-electron chi connectivity index (χ1n) is 8.79. The molecule has 1 aliphatic carbocycles. The largest absolute Gasteiger partial charge is 0.496 e. The summed E-state index contributed by atoms with van der Waals surface area (Å²) in [7, 11) is 1.79. The minimum atomic E-state index is 0.0749. The fourth-order valence-corrected chi connectivity index (χ4v) is 4.66. The highest BCUT2D eigenvalue weighted by molar-refractivity contribution is 7.34. The van der Waals surface area contributed by atoms with Crippen molar-refractivity contribution >= 4 is 24.5 Å². The average Bonchev–Trinajstić information content (AvgIpc) is 2.66. The first kappa shape index (κ1) is 16.3. The van der Waals surface area contributed by atoms with Gasteiger partial charge in [0.15, 0.2) is 8.46 Å². The molecule has 0 spiro atoms. The van der Waals surface area contributed by atoms with Gasteiger partial charge in [-0.05, 0) is 66.1 Å². The lowest BCUT2D eigenvalue weighted by atomic mass is 9.83. The lowest BCUT2D eigenvalue weighted by molar-refractivity contribution is 0.417. The molecule has 0 bridgehead atoms. The molecule has 2 nitrogen and oxygen atoms in total. The molecule has 0 radical (unpaired) electrons. The van der Waals surface area contributed by atoms with Gasteiger partial charge in [-0.3, -0.25) is 4.57 Å². The third-order valence-electron chi connectivity index (χ3n) is 5.27. The summed E-state index contributed by atoms with van der Waals surface area (Å²) in [6.07, 6.45) is 4.56. The van der Waals surface area contributed by atoms with Crippen molar-refractivity contribution in [1.29, 1.82) is 0 Å². The molecule has 4 rings (SSSR count). The maximum absolute atomic E-state index is 12.1. The van der Waals surface area contributed by atoms with E-state index in [1.165, 1.54) is 29.4 Å². The second kappa shape index (κ2) is 6.61. The second-order valence-electron chi connectivity index (χ2n) is 6.72. The molecule has 3 heteroatoms. The first-order valence-corrected chi connectivity index (χ1v) is 9.60. The van der Waals surface area contributed by atoms with E-state index < -0.39 is 0 Å². The minimum Gasteiger partial charge on any atom is -0.496 e. The van der Waals surface area contributed by atoms with Crippen LogP contribution in [0.2, 0.25) is 0 Å². The Morgan fingerprint density at radius 1 is 1.00 bits per heavy atom. The van der Waals surface area contributed by atoms with Gasteiger partial charge in [-0.1, -0.05) is 36.4 Å². The zero-order valence-electron chi connectivity index (χ0n) is 14.6. The summed E-state index contributed by atoms with van der Waals surface area (Å²) in [5, 5.41) is 3.23. The Morgan fingerprint density at radius 3 is 2.60 bits per heavy atom. The molecule has 0 fully saturated rings. The summed E-state index contributed by atoms with van der Waals surface area (Å²) < 4.78 is 17.8. The monoisotopic (exact) mass is 348 g/mol. The van der Waals surface area contributed by atoms with Crippen LogP contribution in [0, 0.1) is 6.92 Å². The molecule has 0 amide bonds. The van der Waals surface area contributed by atoms with Gasteiger partial charge >= 0.3 is 0 Å². The fraction of sp³-hybridized carbons (Fsp3) is 0.273. The summed E-state index contributed by atoms with van der Waals surface area (Å²) in [4.78, 5) is 0. The van der Waals surface area contributed by atoms with Crippen molar-refractivity contribution in [3.8, 4) is 16.9 Å². The van der Waals surface area contributed by atoms with E-state index in [-0.39, 0.29) is 8.46 Å². The topological polar surface area (TPSA) is 26.3 Å². The number of fused-ring (bicyclic) bond motifs is 2. The molecule has 0 aromatic heterocycles. The SMILES string of the molecule is COc1ccc2ccccc2c1-c1c2c(cc(C)c1P=O)CCCC2. The van der Waals surface area contributed by atoms with Crippen LogP contribution in [-0.2, 0) is 17.4 Å². The maximum atomic E-state index is 12.1. The van der Waals surface area contributed by atoms with Gasteiger partial charge in [-0.15, -0.1) is 0 Å². The third kappa shape index (κ3) is 2.65. The van der Waals surface area contributed by atoms with Gasteiger partial charge in [0.2, 0.25) is 0 Å². The molecular weight excluding hydrogens is 327 g/mol. The van der Waals surface area contributed by atoms with Gasteiger partial charge in [0.25, 0.3) is 0 Å². The van der Waals surface area contributed by atoms with E-state index in [1.54, 1.807) is 7.11 Å². The van der Waals surface area contributed by atoms with Crippen molar-refractivity contribution in [3.05, 3.63) is 59.2 Å². The Hall–Kier alpha value is -2.18. The van der Waals surface area contributed by atoms with Crippen LogP contribution in [0.25, 0.3) is 21.9 Å². The number of hydrogen-bond donors (Lipinski definition) is 0. The molecule has 0 aliphatic heterocycles. The predicted octanol–water partition coefficient (Wildman–Crippen LogP) is 5.62. The number of aryl methyl sites for hydroxylation is 2. The zero-order chi connectivity index (χ0) is 17.4. The highest BCUT2D eigenvalue weighted by atomic mass is 31.1. The summed E-state index contributed by atoms with van der Waals surface area (Å²) in [6.45, 7) is 2.07. The Bertz CT molecular complexity index is 975. The van der Waals surface area contributed by atoms with Gasteiger partial charge < -0.3 is 4.74 Å². The van der Waals surface area contributed by atoms with Crippen molar-refractivity contribution in [3.63, 3.8) is 0 Å². The summed E-state index contributed by atoms with van der Waals surface area (Å²) in [6, 6.07) is 14.7. The summed E-state index contributed by atoms with van der Waals surface area (Å²) in [5.74, 6) is 0.849. The predicted molar refractivity (Wildman–Crippen MR) is 105 cm³/mol. The number of rotatable bonds is 3. The number of methoxy groups -OCH3 is 1. The molecule has 3 aromatic carbocycles. The molecule has 1 aliphatic rings. The molecule has 0 heterocycles. The highest BCUT2D eigenvalue weighted by Crippen LogP contribution is 2.42. The van der Waals surface area contributed by atoms with Crippen LogP contribution < -0.4 is 10.0 Å². The van der Waals surface area contributed by atoms with E-state index in [9.17, 15) is 4.57 Å². The van der Waals surface area contributed by atoms with Crippen LogP contribution in [-0.4, -0.2) is 7.11 Å². The third-order valence-corrected chi connectivity index (χ3v) is 6.02. The van der Waals surface area contributed by atoms with Gasteiger partial charge in [-0.25, -0.2) is 0 Å². The Morgan fingerprint density at radius 2 is 1.80 bits per heavy atom. The van der Waals surface area contributed by atoms with E-state index in [0.29, 0.717) is 0 Å². The molecule has 3 aromatic rings. The Kier molecular flexibility index (Phi) is 4.31. The molecule has 126 valence electrons. The van der Waals surface area contributed by atoms with Crippen LogP contribution in [0.4, 0.5) is 0 Å². The van der Waals surface area contributed by atoms with Crippen LogP contribution in [0.3, 0.4) is 0 Å². The summed E-state index contributed by atoms with van der Waals surface area (Å²) in [5.41, 5.74) is 6.06. The molecular formula is C22H21O2P. The van der Waals surface area contributed by atoms with Crippen LogP contribution in [0.1, 0.15) is 29.5 Å². The number of hydrogen-bond acceptors (Lipinski definition) is 2. The summed E-state index contributed by atoms with van der Waals surface area (Å²) >= 11 is 0. The smallest absolute Gasteiger partial charge is 0.193 e. The van der Waals surface area contributed by atoms with Crippen molar-refractivity contribution in [2.24, 2.45) is 0 Å². The Labute approximate surface area is 150 Å². The van der Waals surface area contributed by atoms with Crippen molar-refractivity contribution in [2.45, 2.75) is 32.6 Å². The highest BCUT2D eigenvalue weighted by Gasteiger charge is 2.24. The maximum Gasteiger partial charge on any atom is 0.193 e. The number of ether oxygens (including phenoxy) is 1. The minimum absolute atomic E-state index is 0.0749. The van der Waals surface area contributed by atoms with E-state index in [2.05, 4.69) is 43.3 Å². The van der Waals surface area contributed by atoms with E-state index in [1.807, 2.05) is 6.07 Å². The molecule has 0 saturated carbocycles. The van der Waals surface area contributed by atoms with Crippen molar-refractivity contribution in [1.82, 2.24) is 0 Å². The van der Waals surface area contributed by atoms with Gasteiger partial charge in [-0.2, -0.15) is 0 Å². The fourth-order valence-electron chi connectivity index (χ4n) is 4.11. The van der Waals surface area contributed by atoms with Crippen LogP contribution in [0.15, 0.2) is 42.5 Å². The Balaban J connectivity index is 2.17. The normalized spacial score (nSPS) is 13.8. The molecule has 0 saturated heterocycles. The standard InChI is InChI=1S/C22H21O2P/c1-14-13-16-8-4-6-10-18(16)21(22(14)25-23)20-17-9-5-3-7-15(17)11-12-19(20)24-2/h3,5,7,9,11-13H,4,6,8,10H2,1-2H3. The van der Waals surface area contributed by atoms with Crippen molar-refractivity contribution < 1.29 is 9.30 Å². The van der Waals surface area contributed by atoms with Crippen LogP contribution >= 0.6 is 8.46 Å². The number of benzene rings is 3. The second-order valence-corrected chi connectivity index (χ2v) is 7.35. The molecule has 0 atom stereocenters. The average molecular weight is 348 g/mol. The molecule has 0 unspecified atom stereocenters. The van der Waals surface area contributed by atoms with E-state index in [0.717, 1.165) is 46.0 Å². The van der Waals surface area contributed by atoms with Crippen LogP contribution in [0.5, 0.6) is 5.75 Å². The zero-order valence-corrected chi connectivity index (χ0v) is 15.5.